The van der Waals surface area contributed by atoms with Gasteiger partial charge in [-0.2, -0.15) is 12.6 Å². The molecule has 2 heteroatoms. The van der Waals surface area contributed by atoms with E-state index >= 15 is 0 Å². The van der Waals surface area contributed by atoms with Crippen molar-refractivity contribution in [1.82, 2.24) is 4.90 Å². The molecule has 2 unspecified atom stereocenters. The van der Waals surface area contributed by atoms with Crippen LogP contribution in [-0.4, -0.2) is 29.3 Å². The molecule has 0 aliphatic carbocycles. The second-order valence-electron chi connectivity index (χ2n) is 3.53. The molecule has 2 saturated heterocycles. The summed E-state index contributed by atoms with van der Waals surface area (Å²) >= 11 is 4.51. The van der Waals surface area contributed by atoms with E-state index in [4.69, 9.17) is 0 Å². The monoisotopic (exact) mass is 157 g/mol. The molecule has 0 aromatic heterocycles. The van der Waals surface area contributed by atoms with E-state index in [-0.39, 0.29) is 0 Å². The maximum absolute atomic E-state index is 4.51. The molecule has 0 saturated carbocycles. The number of fused-ring (bicyclic) bond motifs is 1. The molecule has 0 spiro atoms. The molecular weight excluding hydrogens is 142 g/mol. The number of rotatable bonds is 0. The van der Waals surface area contributed by atoms with Crippen LogP contribution in [0.4, 0.5) is 0 Å². The highest BCUT2D eigenvalue weighted by Crippen LogP contribution is 2.28. The Morgan fingerprint density at radius 1 is 1.30 bits per heavy atom. The van der Waals surface area contributed by atoms with Crippen molar-refractivity contribution in [1.29, 1.82) is 0 Å². The summed E-state index contributed by atoms with van der Waals surface area (Å²) in [6.07, 6.45) is 5.62. The lowest BCUT2D eigenvalue weighted by Gasteiger charge is -2.28. The van der Waals surface area contributed by atoms with E-state index in [1.807, 2.05) is 0 Å². The molecule has 2 heterocycles. The Balaban J connectivity index is 1.97. The number of piperidine rings is 1. The topological polar surface area (TPSA) is 3.24 Å². The molecule has 0 N–H and O–H groups in total. The van der Waals surface area contributed by atoms with Crippen LogP contribution >= 0.6 is 12.6 Å². The molecule has 10 heavy (non-hydrogen) atoms. The van der Waals surface area contributed by atoms with Crippen molar-refractivity contribution in [2.45, 2.75) is 37.0 Å². The molecule has 2 atom stereocenters. The van der Waals surface area contributed by atoms with Gasteiger partial charge in [0.15, 0.2) is 0 Å². The Hall–Kier alpha value is 0.310. The van der Waals surface area contributed by atoms with Gasteiger partial charge >= 0.3 is 0 Å². The van der Waals surface area contributed by atoms with Gasteiger partial charge in [-0.1, -0.05) is 6.42 Å². The van der Waals surface area contributed by atoms with Gasteiger partial charge in [0.25, 0.3) is 0 Å². The zero-order valence-corrected chi connectivity index (χ0v) is 7.19. The zero-order chi connectivity index (χ0) is 6.97. The third-order valence-electron chi connectivity index (χ3n) is 2.74. The van der Waals surface area contributed by atoms with Gasteiger partial charge < -0.3 is 0 Å². The van der Waals surface area contributed by atoms with Gasteiger partial charge in [-0.3, -0.25) is 4.90 Å². The molecule has 0 aromatic carbocycles. The fraction of sp³-hybridized carbons (Fsp3) is 1.00. The average Bonchev–Trinajstić information content (AvgIpc) is 2.27. The van der Waals surface area contributed by atoms with E-state index in [1.54, 1.807) is 0 Å². The van der Waals surface area contributed by atoms with Gasteiger partial charge in [0.1, 0.15) is 0 Å². The highest BCUT2D eigenvalue weighted by molar-refractivity contribution is 7.81. The van der Waals surface area contributed by atoms with Crippen LogP contribution in [0.5, 0.6) is 0 Å². The van der Waals surface area contributed by atoms with Crippen molar-refractivity contribution in [2.75, 3.05) is 13.1 Å². The van der Waals surface area contributed by atoms with Crippen LogP contribution in [0.25, 0.3) is 0 Å². The van der Waals surface area contributed by atoms with Gasteiger partial charge in [0.05, 0.1) is 0 Å². The van der Waals surface area contributed by atoms with Crippen molar-refractivity contribution < 1.29 is 0 Å². The van der Waals surface area contributed by atoms with Gasteiger partial charge in [0.2, 0.25) is 0 Å². The molecule has 2 fully saturated rings. The zero-order valence-electron chi connectivity index (χ0n) is 6.29. The fourth-order valence-electron chi connectivity index (χ4n) is 2.23. The highest BCUT2D eigenvalue weighted by Gasteiger charge is 2.31. The summed E-state index contributed by atoms with van der Waals surface area (Å²) in [6.45, 7) is 2.58. The van der Waals surface area contributed by atoms with Crippen molar-refractivity contribution in [3.8, 4) is 0 Å². The van der Waals surface area contributed by atoms with Crippen molar-refractivity contribution in [2.24, 2.45) is 0 Å². The summed E-state index contributed by atoms with van der Waals surface area (Å²) in [6, 6.07) is 0.899. The molecule has 0 amide bonds. The van der Waals surface area contributed by atoms with Crippen LogP contribution in [0.3, 0.4) is 0 Å². The number of thiol groups is 1. The van der Waals surface area contributed by atoms with Crippen molar-refractivity contribution >= 4 is 12.6 Å². The Morgan fingerprint density at radius 3 is 3.00 bits per heavy atom. The van der Waals surface area contributed by atoms with E-state index < -0.39 is 0 Å². The fourth-order valence-corrected chi connectivity index (χ4v) is 2.68. The van der Waals surface area contributed by atoms with Crippen molar-refractivity contribution in [3.05, 3.63) is 0 Å². The summed E-state index contributed by atoms with van der Waals surface area (Å²) in [5, 5.41) is 0.670. The second kappa shape index (κ2) is 2.74. The minimum atomic E-state index is 0.670. The van der Waals surface area contributed by atoms with E-state index in [1.165, 1.54) is 38.8 Å². The molecule has 2 rings (SSSR count). The SMILES string of the molecule is SC1CC2CCCCN2C1. The normalized spacial score (nSPS) is 41.7. The summed E-state index contributed by atoms with van der Waals surface area (Å²) < 4.78 is 0. The van der Waals surface area contributed by atoms with Gasteiger partial charge in [-0.15, -0.1) is 0 Å². The quantitative estimate of drug-likeness (QED) is 0.522. The first-order valence-electron chi connectivity index (χ1n) is 4.28. The van der Waals surface area contributed by atoms with E-state index in [9.17, 15) is 0 Å². The number of hydrogen-bond acceptors (Lipinski definition) is 2. The van der Waals surface area contributed by atoms with Crippen LogP contribution in [0, 0.1) is 0 Å². The van der Waals surface area contributed by atoms with Gasteiger partial charge in [-0.25, -0.2) is 0 Å². The summed E-state index contributed by atoms with van der Waals surface area (Å²) in [7, 11) is 0. The molecular formula is C8H15NS. The Bertz CT molecular complexity index is 112. The summed E-state index contributed by atoms with van der Waals surface area (Å²) in [5.74, 6) is 0. The third-order valence-corrected chi connectivity index (χ3v) is 3.11. The lowest BCUT2D eigenvalue weighted by molar-refractivity contribution is 0.198. The van der Waals surface area contributed by atoms with Crippen LogP contribution < -0.4 is 0 Å². The molecule has 0 bridgehead atoms. The number of hydrogen-bond donors (Lipinski definition) is 1. The van der Waals surface area contributed by atoms with Crippen molar-refractivity contribution in [3.63, 3.8) is 0 Å². The first-order valence-corrected chi connectivity index (χ1v) is 4.80. The third kappa shape index (κ3) is 1.19. The maximum Gasteiger partial charge on any atom is 0.0159 e. The van der Waals surface area contributed by atoms with Crippen LogP contribution in [0.15, 0.2) is 0 Å². The minimum absolute atomic E-state index is 0.670. The molecule has 2 aliphatic rings. The molecule has 58 valence electrons. The van der Waals surface area contributed by atoms with Gasteiger partial charge in [0, 0.05) is 17.8 Å². The van der Waals surface area contributed by atoms with Crippen LogP contribution in [0.2, 0.25) is 0 Å². The van der Waals surface area contributed by atoms with E-state index in [0.29, 0.717) is 5.25 Å². The maximum atomic E-state index is 4.51. The predicted octanol–water partition coefficient (Wildman–Crippen LogP) is 1.54. The number of nitrogens with zero attached hydrogens (tertiary/aromatic N) is 1. The second-order valence-corrected chi connectivity index (χ2v) is 4.26. The van der Waals surface area contributed by atoms with E-state index in [0.717, 1.165) is 6.04 Å². The van der Waals surface area contributed by atoms with Gasteiger partial charge in [-0.05, 0) is 25.8 Å². The summed E-state index contributed by atoms with van der Waals surface area (Å²) in [4.78, 5) is 2.61. The predicted molar refractivity (Wildman–Crippen MR) is 46.6 cm³/mol. The first-order chi connectivity index (χ1) is 4.86. The standard InChI is InChI=1S/C8H15NS/c10-8-5-7-3-1-2-4-9(7)6-8/h7-8,10H,1-6H2. The molecule has 2 aliphatic heterocycles. The van der Waals surface area contributed by atoms with E-state index in [2.05, 4.69) is 17.5 Å². The van der Waals surface area contributed by atoms with Crippen LogP contribution in [-0.2, 0) is 0 Å². The van der Waals surface area contributed by atoms with Crippen LogP contribution in [0.1, 0.15) is 25.7 Å². The lowest BCUT2D eigenvalue weighted by atomic mass is 10.0. The Morgan fingerprint density at radius 2 is 2.20 bits per heavy atom. The first kappa shape index (κ1) is 6.99. The lowest BCUT2D eigenvalue weighted by Crippen LogP contribution is -2.34. The molecule has 0 radical (unpaired) electrons. The average molecular weight is 157 g/mol. The Labute approximate surface area is 68.2 Å². The smallest absolute Gasteiger partial charge is 0.0159 e. The largest absolute Gasteiger partial charge is 0.299 e. The highest BCUT2D eigenvalue weighted by atomic mass is 32.1. The minimum Gasteiger partial charge on any atom is -0.299 e. The summed E-state index contributed by atoms with van der Waals surface area (Å²) in [5.41, 5.74) is 0. The molecule has 0 aromatic rings. The Kier molecular flexibility index (Phi) is 1.92. The molecule has 1 nitrogen and oxygen atoms in total.